The fourth-order valence-electron chi connectivity index (χ4n) is 1.09. The minimum atomic E-state index is -0.767. The van der Waals surface area contributed by atoms with Gasteiger partial charge < -0.3 is 25.4 Å². The van der Waals surface area contributed by atoms with Gasteiger partial charge in [0.1, 0.15) is 12.1 Å². The number of rotatable bonds is 5. The zero-order valence-corrected chi connectivity index (χ0v) is 11.7. The summed E-state index contributed by atoms with van der Waals surface area (Å²) < 4.78 is 9.43. The number of carbonyl (C=O) groups excluding carboxylic acids is 3. The molecule has 0 bridgehead atoms. The Morgan fingerprint density at radius 1 is 1.26 bits per heavy atom. The first-order valence-electron chi connectivity index (χ1n) is 5.73. The highest BCUT2D eigenvalue weighted by molar-refractivity contribution is 5.79. The van der Waals surface area contributed by atoms with E-state index in [1.54, 1.807) is 20.8 Å². The van der Waals surface area contributed by atoms with Gasteiger partial charge in [0.05, 0.1) is 7.11 Å². The fraction of sp³-hybridized carbons (Fsp3) is 0.727. The molecule has 0 aliphatic heterocycles. The van der Waals surface area contributed by atoms with Crippen LogP contribution in [0.4, 0.5) is 9.59 Å². The van der Waals surface area contributed by atoms with Gasteiger partial charge in [-0.1, -0.05) is 0 Å². The molecule has 0 fully saturated rings. The quantitative estimate of drug-likeness (QED) is 0.689. The van der Waals surface area contributed by atoms with Crippen LogP contribution < -0.4 is 11.1 Å². The Morgan fingerprint density at radius 2 is 1.84 bits per heavy atom. The lowest BCUT2D eigenvalue weighted by Crippen LogP contribution is -2.44. The van der Waals surface area contributed by atoms with Crippen molar-refractivity contribution in [1.29, 1.82) is 0 Å². The zero-order valence-electron chi connectivity index (χ0n) is 11.7. The SMILES string of the molecule is COC(=O)CN(CCNC(=O)OC(C)(C)C)C(N)=O. The molecule has 0 radical (unpaired) electrons. The van der Waals surface area contributed by atoms with E-state index in [9.17, 15) is 14.4 Å². The first-order chi connectivity index (χ1) is 8.65. The Balaban J connectivity index is 4.10. The summed E-state index contributed by atoms with van der Waals surface area (Å²) in [6.07, 6.45) is -0.602. The molecule has 19 heavy (non-hydrogen) atoms. The van der Waals surface area contributed by atoms with Crippen LogP contribution in [0, 0.1) is 0 Å². The van der Waals surface area contributed by atoms with Gasteiger partial charge in [0.15, 0.2) is 0 Å². The summed E-state index contributed by atoms with van der Waals surface area (Å²) >= 11 is 0. The molecular weight excluding hydrogens is 254 g/mol. The summed E-state index contributed by atoms with van der Waals surface area (Å²) in [6, 6.07) is -0.767. The van der Waals surface area contributed by atoms with Crippen molar-refractivity contribution >= 4 is 18.1 Å². The average molecular weight is 275 g/mol. The molecule has 0 atom stereocenters. The highest BCUT2D eigenvalue weighted by atomic mass is 16.6. The van der Waals surface area contributed by atoms with E-state index in [0.717, 1.165) is 4.90 Å². The van der Waals surface area contributed by atoms with Crippen LogP contribution in [0.1, 0.15) is 20.8 Å². The lowest BCUT2D eigenvalue weighted by Gasteiger charge is -2.21. The van der Waals surface area contributed by atoms with Crippen molar-refractivity contribution in [3.05, 3.63) is 0 Å². The standard InChI is InChI=1S/C11H21N3O5/c1-11(2,3)19-10(17)13-5-6-14(9(12)16)7-8(15)18-4/h5-7H2,1-4H3,(H2,12,16)(H,13,17). The fourth-order valence-corrected chi connectivity index (χ4v) is 1.09. The molecule has 8 nitrogen and oxygen atoms in total. The number of nitrogens with one attached hydrogen (secondary N) is 1. The molecule has 0 aliphatic carbocycles. The molecule has 0 aromatic heterocycles. The zero-order chi connectivity index (χ0) is 15.1. The topological polar surface area (TPSA) is 111 Å². The van der Waals surface area contributed by atoms with Crippen molar-refractivity contribution in [2.45, 2.75) is 26.4 Å². The summed E-state index contributed by atoms with van der Waals surface area (Å²) in [5, 5.41) is 2.45. The van der Waals surface area contributed by atoms with Gasteiger partial charge in [-0.2, -0.15) is 0 Å². The molecule has 0 aromatic carbocycles. The van der Waals surface area contributed by atoms with E-state index >= 15 is 0 Å². The van der Waals surface area contributed by atoms with Gasteiger partial charge in [0.25, 0.3) is 0 Å². The second-order valence-electron chi connectivity index (χ2n) is 4.76. The Bertz CT molecular complexity index is 338. The van der Waals surface area contributed by atoms with Gasteiger partial charge >= 0.3 is 18.1 Å². The summed E-state index contributed by atoms with van der Waals surface area (Å²) in [4.78, 5) is 34.5. The van der Waals surface area contributed by atoms with Crippen molar-refractivity contribution in [3.8, 4) is 0 Å². The molecule has 0 spiro atoms. The summed E-state index contributed by atoms with van der Waals surface area (Å²) in [6.45, 7) is 5.15. The van der Waals surface area contributed by atoms with Crippen LogP contribution in [0.15, 0.2) is 0 Å². The number of amides is 3. The molecule has 0 aliphatic rings. The van der Waals surface area contributed by atoms with Crippen molar-refractivity contribution in [2.75, 3.05) is 26.7 Å². The van der Waals surface area contributed by atoms with Crippen LogP contribution in [0.25, 0.3) is 0 Å². The molecule has 8 heteroatoms. The number of primary amides is 1. The summed E-state index contributed by atoms with van der Waals surface area (Å²) in [5.74, 6) is -0.587. The first kappa shape index (κ1) is 17.0. The summed E-state index contributed by atoms with van der Waals surface area (Å²) in [7, 11) is 1.21. The number of esters is 1. The number of nitrogens with two attached hydrogens (primary N) is 1. The van der Waals surface area contributed by atoms with Gasteiger partial charge in [-0.15, -0.1) is 0 Å². The van der Waals surface area contributed by atoms with E-state index in [2.05, 4.69) is 10.1 Å². The molecule has 0 aromatic rings. The Labute approximate surface area is 112 Å². The van der Waals surface area contributed by atoms with Crippen molar-refractivity contribution in [2.24, 2.45) is 5.73 Å². The molecule has 3 amide bonds. The maximum Gasteiger partial charge on any atom is 0.407 e. The normalized spacial score (nSPS) is 10.5. The van der Waals surface area contributed by atoms with E-state index in [0.29, 0.717) is 0 Å². The number of urea groups is 1. The first-order valence-corrected chi connectivity index (χ1v) is 5.73. The second kappa shape index (κ2) is 7.45. The smallest absolute Gasteiger partial charge is 0.407 e. The molecule has 0 heterocycles. The maximum atomic E-state index is 11.3. The molecule has 0 saturated carbocycles. The van der Waals surface area contributed by atoms with Crippen molar-refractivity contribution in [3.63, 3.8) is 0 Å². The van der Waals surface area contributed by atoms with Crippen molar-refractivity contribution < 1.29 is 23.9 Å². The Morgan fingerprint density at radius 3 is 2.26 bits per heavy atom. The third-order valence-electron chi connectivity index (χ3n) is 1.91. The largest absolute Gasteiger partial charge is 0.468 e. The molecule has 0 saturated heterocycles. The lowest BCUT2D eigenvalue weighted by molar-refractivity contribution is -0.141. The highest BCUT2D eigenvalue weighted by Gasteiger charge is 2.17. The van der Waals surface area contributed by atoms with E-state index in [4.69, 9.17) is 10.5 Å². The van der Waals surface area contributed by atoms with E-state index in [-0.39, 0.29) is 19.6 Å². The van der Waals surface area contributed by atoms with Crippen molar-refractivity contribution in [1.82, 2.24) is 10.2 Å². The monoisotopic (exact) mass is 275 g/mol. The van der Waals surface area contributed by atoms with Gasteiger partial charge in [0.2, 0.25) is 0 Å². The minimum absolute atomic E-state index is 0.0870. The molecule has 0 rings (SSSR count). The molecule has 0 unspecified atom stereocenters. The van der Waals surface area contributed by atoms with E-state index in [1.807, 2.05) is 0 Å². The van der Waals surface area contributed by atoms with Gasteiger partial charge in [-0.25, -0.2) is 9.59 Å². The minimum Gasteiger partial charge on any atom is -0.468 e. The number of alkyl carbamates (subject to hydrolysis) is 1. The van der Waals surface area contributed by atoms with E-state index in [1.165, 1.54) is 7.11 Å². The lowest BCUT2D eigenvalue weighted by atomic mass is 10.2. The number of methoxy groups -OCH3 is 1. The van der Waals surface area contributed by atoms with Crippen LogP contribution >= 0.6 is 0 Å². The van der Waals surface area contributed by atoms with Crippen LogP contribution in [0.3, 0.4) is 0 Å². The third-order valence-corrected chi connectivity index (χ3v) is 1.91. The number of nitrogens with zero attached hydrogens (tertiary/aromatic N) is 1. The third kappa shape index (κ3) is 8.70. The Kier molecular flexibility index (Phi) is 6.67. The Hall–Kier alpha value is -1.99. The second-order valence-corrected chi connectivity index (χ2v) is 4.76. The van der Waals surface area contributed by atoms with Gasteiger partial charge in [-0.05, 0) is 20.8 Å². The molecule has 3 N–H and O–H groups in total. The summed E-state index contributed by atoms with van der Waals surface area (Å²) in [5.41, 5.74) is 4.50. The molecular formula is C11H21N3O5. The van der Waals surface area contributed by atoms with Crippen LogP contribution in [0.2, 0.25) is 0 Å². The number of carbonyl (C=O) groups is 3. The number of hydrogen-bond acceptors (Lipinski definition) is 5. The predicted molar refractivity (Wildman–Crippen MR) is 67.4 cm³/mol. The van der Waals surface area contributed by atoms with E-state index < -0.39 is 23.7 Å². The maximum absolute atomic E-state index is 11.3. The predicted octanol–water partition coefficient (Wildman–Crippen LogP) is 0.0648. The number of hydrogen-bond donors (Lipinski definition) is 2. The van der Waals surface area contributed by atoms with Crippen LogP contribution in [-0.4, -0.2) is 55.3 Å². The number of ether oxygens (including phenoxy) is 2. The van der Waals surface area contributed by atoms with Gasteiger partial charge in [-0.3, -0.25) is 4.79 Å². The van der Waals surface area contributed by atoms with Crippen LogP contribution in [-0.2, 0) is 14.3 Å². The average Bonchev–Trinajstić information content (AvgIpc) is 2.24. The van der Waals surface area contributed by atoms with Crippen LogP contribution in [0.5, 0.6) is 0 Å². The molecule has 110 valence electrons. The highest BCUT2D eigenvalue weighted by Crippen LogP contribution is 2.06. The van der Waals surface area contributed by atoms with Gasteiger partial charge in [0, 0.05) is 13.1 Å².